The number of nitrogens with one attached hydrogen (secondary N) is 1. The van der Waals surface area contributed by atoms with Gasteiger partial charge in [-0.1, -0.05) is 41.7 Å². The number of rotatable bonds is 5. The predicted molar refractivity (Wildman–Crippen MR) is 100 cm³/mol. The molecule has 0 spiro atoms. The minimum absolute atomic E-state index is 0.100. The van der Waals surface area contributed by atoms with E-state index in [2.05, 4.69) is 9.71 Å². The average Bonchev–Trinajstić information content (AvgIpc) is 2.94. The highest BCUT2D eigenvalue weighted by Gasteiger charge is 2.15. The number of carbonyl (C=O) groups is 1. The molecule has 130 valence electrons. The third-order valence-corrected chi connectivity index (χ3v) is 5.14. The molecule has 1 N–H and O–H groups in total. The molecule has 1 aromatic heterocycles. The smallest absolute Gasteiger partial charge is 0.253 e. The lowest BCUT2D eigenvalue weighted by molar-refractivity contribution is 0.0785. The zero-order valence-corrected chi connectivity index (χ0v) is 15.4. The number of hydrogen-bond acceptors (Lipinski definition) is 5. The van der Waals surface area contributed by atoms with Gasteiger partial charge in [-0.15, -0.1) is 0 Å². The van der Waals surface area contributed by atoms with E-state index in [0.717, 1.165) is 16.5 Å². The number of hydrogen-bond donors (Lipinski definition) is 1. The van der Waals surface area contributed by atoms with Gasteiger partial charge in [0.2, 0.25) is 10.0 Å². The van der Waals surface area contributed by atoms with E-state index in [1.807, 2.05) is 30.3 Å². The maximum atomic E-state index is 12.6. The third kappa shape index (κ3) is 4.34. The highest BCUT2D eigenvalue weighted by molar-refractivity contribution is 7.92. The number of fused-ring (bicyclic) bond motifs is 1. The van der Waals surface area contributed by atoms with Crippen molar-refractivity contribution < 1.29 is 13.2 Å². The van der Waals surface area contributed by atoms with Crippen molar-refractivity contribution in [2.75, 3.05) is 18.0 Å². The van der Waals surface area contributed by atoms with Crippen LogP contribution in [0.3, 0.4) is 0 Å². The molecule has 0 aliphatic carbocycles. The second-order valence-corrected chi connectivity index (χ2v) is 8.50. The summed E-state index contributed by atoms with van der Waals surface area (Å²) in [6, 6.07) is 14.9. The normalized spacial score (nSPS) is 11.4. The van der Waals surface area contributed by atoms with Crippen LogP contribution in [0.15, 0.2) is 48.5 Å². The highest BCUT2D eigenvalue weighted by Crippen LogP contribution is 2.27. The van der Waals surface area contributed by atoms with Gasteiger partial charge in [-0.2, -0.15) is 0 Å². The van der Waals surface area contributed by atoms with E-state index in [0.29, 0.717) is 22.8 Å². The van der Waals surface area contributed by atoms with Crippen LogP contribution in [0, 0.1) is 0 Å². The minimum Gasteiger partial charge on any atom is -0.337 e. The molecule has 0 saturated carbocycles. The Labute approximate surface area is 150 Å². The first-order valence-corrected chi connectivity index (χ1v) is 10.2. The number of carbonyl (C=O) groups excluding carboxylic acids is 1. The van der Waals surface area contributed by atoms with Crippen LogP contribution in [0.4, 0.5) is 5.13 Å². The van der Waals surface area contributed by atoms with E-state index in [-0.39, 0.29) is 5.91 Å². The number of benzene rings is 2. The first-order valence-electron chi connectivity index (χ1n) is 7.49. The molecular formula is C17H17N3O3S2. The summed E-state index contributed by atoms with van der Waals surface area (Å²) in [4.78, 5) is 18.5. The molecule has 0 aliphatic heterocycles. The topological polar surface area (TPSA) is 79.4 Å². The minimum atomic E-state index is -3.38. The maximum Gasteiger partial charge on any atom is 0.253 e. The number of thiazole rings is 1. The fraction of sp³-hybridized carbons (Fsp3) is 0.176. The van der Waals surface area contributed by atoms with Crippen LogP contribution in [0.25, 0.3) is 10.2 Å². The molecule has 0 unspecified atom stereocenters. The van der Waals surface area contributed by atoms with Crippen molar-refractivity contribution in [3.05, 3.63) is 59.7 Å². The van der Waals surface area contributed by atoms with Crippen LogP contribution in [0.1, 0.15) is 15.9 Å². The first kappa shape index (κ1) is 17.4. The Morgan fingerprint density at radius 1 is 1.20 bits per heavy atom. The Morgan fingerprint density at radius 2 is 1.92 bits per heavy atom. The van der Waals surface area contributed by atoms with Gasteiger partial charge < -0.3 is 4.90 Å². The van der Waals surface area contributed by atoms with Gasteiger partial charge in [0.1, 0.15) is 0 Å². The van der Waals surface area contributed by atoms with Crippen LogP contribution in [-0.4, -0.2) is 37.5 Å². The fourth-order valence-electron chi connectivity index (χ4n) is 2.41. The van der Waals surface area contributed by atoms with Crippen LogP contribution in [0.2, 0.25) is 0 Å². The van der Waals surface area contributed by atoms with Gasteiger partial charge in [0.05, 0.1) is 16.5 Å². The second kappa shape index (κ2) is 6.81. The number of aromatic nitrogens is 1. The van der Waals surface area contributed by atoms with E-state index in [4.69, 9.17) is 0 Å². The summed E-state index contributed by atoms with van der Waals surface area (Å²) in [5.74, 6) is -0.100. The lowest BCUT2D eigenvalue weighted by Crippen LogP contribution is -2.26. The van der Waals surface area contributed by atoms with Crippen LogP contribution in [0.5, 0.6) is 0 Å². The predicted octanol–water partition coefficient (Wildman–Crippen LogP) is 2.94. The molecule has 0 fully saturated rings. The highest BCUT2D eigenvalue weighted by atomic mass is 32.2. The number of sulfonamides is 1. The fourth-order valence-corrected chi connectivity index (χ4v) is 4.15. The molecule has 1 amide bonds. The van der Waals surface area contributed by atoms with Crippen molar-refractivity contribution in [1.29, 1.82) is 0 Å². The molecule has 0 bridgehead atoms. The van der Waals surface area contributed by atoms with Crippen molar-refractivity contribution >= 4 is 42.6 Å². The molecule has 0 saturated heterocycles. The van der Waals surface area contributed by atoms with Gasteiger partial charge in [0, 0.05) is 19.2 Å². The summed E-state index contributed by atoms with van der Waals surface area (Å²) >= 11 is 1.20. The maximum absolute atomic E-state index is 12.6. The molecule has 2 aromatic carbocycles. The summed E-state index contributed by atoms with van der Waals surface area (Å²) in [5.41, 5.74) is 2.25. The Kier molecular flexibility index (Phi) is 4.73. The number of amides is 1. The molecule has 25 heavy (non-hydrogen) atoms. The quantitative estimate of drug-likeness (QED) is 0.744. The zero-order chi connectivity index (χ0) is 18.0. The van der Waals surface area contributed by atoms with Gasteiger partial charge in [-0.05, 0) is 23.8 Å². The summed E-state index contributed by atoms with van der Waals surface area (Å²) in [5, 5.41) is 0.291. The van der Waals surface area contributed by atoms with Crippen LogP contribution in [-0.2, 0) is 16.6 Å². The Morgan fingerprint density at radius 3 is 2.60 bits per heavy atom. The van der Waals surface area contributed by atoms with Crippen molar-refractivity contribution in [2.24, 2.45) is 0 Å². The second-order valence-electron chi connectivity index (χ2n) is 5.72. The monoisotopic (exact) mass is 375 g/mol. The summed E-state index contributed by atoms with van der Waals surface area (Å²) in [6.07, 6.45) is 1.08. The first-order chi connectivity index (χ1) is 11.8. The summed E-state index contributed by atoms with van der Waals surface area (Å²) < 4.78 is 25.7. The third-order valence-electron chi connectivity index (χ3n) is 3.52. The molecule has 3 aromatic rings. The average molecular weight is 375 g/mol. The molecule has 0 aliphatic rings. The molecule has 3 rings (SSSR count). The van der Waals surface area contributed by atoms with E-state index in [1.165, 1.54) is 11.3 Å². The Hall–Kier alpha value is -2.45. The molecular weight excluding hydrogens is 358 g/mol. The summed E-state index contributed by atoms with van der Waals surface area (Å²) in [7, 11) is -1.62. The lowest BCUT2D eigenvalue weighted by Gasteiger charge is -2.17. The Bertz CT molecular complexity index is 1010. The van der Waals surface area contributed by atoms with E-state index in [9.17, 15) is 13.2 Å². The van der Waals surface area contributed by atoms with E-state index < -0.39 is 10.0 Å². The summed E-state index contributed by atoms with van der Waals surface area (Å²) in [6.45, 7) is 0.515. The van der Waals surface area contributed by atoms with Crippen LogP contribution < -0.4 is 4.72 Å². The van der Waals surface area contributed by atoms with Gasteiger partial charge in [0.15, 0.2) is 5.13 Å². The molecule has 0 atom stereocenters. The molecule has 1 heterocycles. The molecule has 8 heteroatoms. The van der Waals surface area contributed by atoms with Crippen molar-refractivity contribution in [3.63, 3.8) is 0 Å². The number of nitrogens with zero attached hydrogens (tertiary/aromatic N) is 2. The van der Waals surface area contributed by atoms with Crippen LogP contribution >= 0.6 is 11.3 Å². The zero-order valence-electron chi connectivity index (χ0n) is 13.8. The number of anilines is 1. The van der Waals surface area contributed by atoms with E-state index in [1.54, 1.807) is 30.1 Å². The van der Waals surface area contributed by atoms with Gasteiger partial charge >= 0.3 is 0 Å². The van der Waals surface area contributed by atoms with Crippen molar-refractivity contribution in [2.45, 2.75) is 6.54 Å². The van der Waals surface area contributed by atoms with Crippen molar-refractivity contribution in [1.82, 2.24) is 9.88 Å². The molecule has 0 radical (unpaired) electrons. The van der Waals surface area contributed by atoms with Gasteiger partial charge in [-0.25, -0.2) is 13.4 Å². The standard InChI is InChI=1S/C17H17N3O3S2/c1-20(11-12-6-4-3-5-7-12)16(21)13-8-9-14-15(10-13)24-17(18-14)19-25(2,22)23/h3-10H,11H2,1-2H3,(H,18,19). The molecule has 6 nitrogen and oxygen atoms in total. The van der Waals surface area contributed by atoms with Crippen molar-refractivity contribution in [3.8, 4) is 0 Å². The van der Waals surface area contributed by atoms with Gasteiger partial charge in [-0.3, -0.25) is 9.52 Å². The lowest BCUT2D eigenvalue weighted by atomic mass is 10.1. The van der Waals surface area contributed by atoms with Gasteiger partial charge in [0.25, 0.3) is 5.91 Å². The van der Waals surface area contributed by atoms with E-state index >= 15 is 0 Å². The SMILES string of the molecule is CN(Cc1ccccc1)C(=O)c1ccc2nc(NS(C)(=O)=O)sc2c1. The Balaban J connectivity index is 1.81. The largest absolute Gasteiger partial charge is 0.337 e.